The molecule has 0 aliphatic rings. The third-order valence-corrected chi connectivity index (χ3v) is 3.34. The van der Waals surface area contributed by atoms with Crippen molar-refractivity contribution in [1.82, 2.24) is 0 Å². The number of anilines is 1. The lowest BCUT2D eigenvalue weighted by Gasteiger charge is -2.13. The molecule has 126 valence electrons. The van der Waals surface area contributed by atoms with Gasteiger partial charge in [0.25, 0.3) is 5.91 Å². The van der Waals surface area contributed by atoms with Gasteiger partial charge in [-0.15, -0.1) is 0 Å². The molecule has 4 nitrogen and oxygen atoms in total. The van der Waals surface area contributed by atoms with E-state index < -0.39 is 0 Å². The largest absolute Gasteiger partial charge is 0.487 e. The Balaban J connectivity index is 1.90. The van der Waals surface area contributed by atoms with E-state index in [-0.39, 0.29) is 12.5 Å². The highest BCUT2D eigenvalue weighted by molar-refractivity contribution is 5.93. The van der Waals surface area contributed by atoms with Gasteiger partial charge in [0.05, 0.1) is 5.69 Å². The van der Waals surface area contributed by atoms with E-state index in [1.54, 1.807) is 6.07 Å². The molecule has 0 saturated carbocycles. The number of carbonyl (C=O) groups excluding carboxylic acids is 1. The molecule has 0 unspecified atom stereocenters. The van der Waals surface area contributed by atoms with Crippen molar-refractivity contribution in [2.24, 2.45) is 0 Å². The third-order valence-electron chi connectivity index (χ3n) is 3.34. The second-order valence-corrected chi connectivity index (χ2v) is 5.58. The highest BCUT2D eigenvalue weighted by Crippen LogP contribution is 2.24. The normalized spacial score (nSPS) is 10.1. The Bertz CT molecular complexity index is 692. The summed E-state index contributed by atoms with van der Waals surface area (Å²) in [7, 11) is 0. The molecule has 0 aliphatic heterocycles. The monoisotopic (exact) mass is 325 g/mol. The van der Waals surface area contributed by atoms with Crippen molar-refractivity contribution in [3.8, 4) is 11.5 Å². The summed E-state index contributed by atoms with van der Waals surface area (Å²) in [5.41, 5.74) is 2.76. The van der Waals surface area contributed by atoms with Gasteiger partial charge in [0, 0.05) is 0 Å². The number of benzene rings is 2. The molecule has 0 saturated heterocycles. The Morgan fingerprint density at radius 1 is 1.04 bits per heavy atom. The van der Waals surface area contributed by atoms with Crippen molar-refractivity contribution >= 4 is 11.6 Å². The summed E-state index contributed by atoms with van der Waals surface area (Å²) in [6, 6.07) is 15.0. The van der Waals surface area contributed by atoms with Gasteiger partial charge in [-0.05, 0) is 48.7 Å². The van der Waals surface area contributed by atoms with Crippen LogP contribution in [0.3, 0.4) is 0 Å². The molecule has 0 atom stereocenters. The second kappa shape index (κ2) is 8.77. The van der Waals surface area contributed by atoms with E-state index in [2.05, 4.69) is 18.8 Å². The van der Waals surface area contributed by atoms with Crippen LogP contribution in [0.25, 0.3) is 0 Å². The molecule has 0 bridgehead atoms. The molecule has 0 aliphatic carbocycles. The highest BCUT2D eigenvalue weighted by atomic mass is 16.5. The maximum absolute atomic E-state index is 12.1. The highest BCUT2D eigenvalue weighted by Gasteiger charge is 2.08. The molecular formula is C20H23NO3. The summed E-state index contributed by atoms with van der Waals surface area (Å²) in [5, 5.41) is 2.81. The topological polar surface area (TPSA) is 47.6 Å². The van der Waals surface area contributed by atoms with Gasteiger partial charge in [-0.3, -0.25) is 4.79 Å². The summed E-state index contributed by atoms with van der Waals surface area (Å²) >= 11 is 0. The first-order chi connectivity index (χ1) is 11.6. The van der Waals surface area contributed by atoms with E-state index in [9.17, 15) is 4.79 Å². The van der Waals surface area contributed by atoms with Gasteiger partial charge in [-0.25, -0.2) is 0 Å². The molecule has 0 heterocycles. The van der Waals surface area contributed by atoms with Gasteiger partial charge >= 0.3 is 0 Å². The number of carbonyl (C=O) groups is 1. The van der Waals surface area contributed by atoms with Gasteiger partial charge in [-0.2, -0.15) is 0 Å². The van der Waals surface area contributed by atoms with Gasteiger partial charge in [-0.1, -0.05) is 37.8 Å². The number of nitrogens with one attached hydrogen (secondary N) is 1. The molecule has 1 N–H and O–H groups in total. The zero-order valence-electron chi connectivity index (χ0n) is 14.2. The van der Waals surface area contributed by atoms with Gasteiger partial charge in [0.15, 0.2) is 6.61 Å². The molecule has 24 heavy (non-hydrogen) atoms. The number of rotatable bonds is 8. The molecule has 0 radical (unpaired) electrons. The number of amides is 1. The summed E-state index contributed by atoms with van der Waals surface area (Å²) in [5.74, 6) is 1.05. The summed E-state index contributed by atoms with van der Waals surface area (Å²) < 4.78 is 11.1. The standard InChI is InChI=1S/C20H23NO3/c1-4-16-9-11-17(12-10-16)23-14-20(22)21-18-7-5-6-8-19(18)24-13-15(2)3/h5-12H,2,4,13-14H2,1,3H3,(H,21,22). The van der Waals surface area contributed by atoms with Crippen molar-refractivity contribution < 1.29 is 14.3 Å². The molecule has 0 aromatic heterocycles. The average Bonchev–Trinajstić information content (AvgIpc) is 2.59. The molecule has 2 aromatic carbocycles. The predicted octanol–water partition coefficient (Wildman–Crippen LogP) is 4.22. The van der Waals surface area contributed by atoms with Crippen molar-refractivity contribution in [2.45, 2.75) is 20.3 Å². The van der Waals surface area contributed by atoms with Crippen LogP contribution in [0.1, 0.15) is 19.4 Å². The SMILES string of the molecule is C=C(C)COc1ccccc1NC(=O)COc1ccc(CC)cc1. The maximum Gasteiger partial charge on any atom is 0.262 e. The minimum absolute atomic E-state index is 0.0553. The molecule has 0 spiro atoms. The van der Waals surface area contributed by atoms with E-state index in [1.165, 1.54) is 5.56 Å². The lowest BCUT2D eigenvalue weighted by atomic mass is 10.2. The van der Waals surface area contributed by atoms with Gasteiger partial charge in [0.1, 0.15) is 18.1 Å². The van der Waals surface area contributed by atoms with Gasteiger partial charge in [0.2, 0.25) is 0 Å². The second-order valence-electron chi connectivity index (χ2n) is 5.58. The maximum atomic E-state index is 12.1. The van der Waals surface area contributed by atoms with Crippen LogP contribution in [0.15, 0.2) is 60.7 Å². The van der Waals surface area contributed by atoms with Crippen LogP contribution in [-0.2, 0) is 11.2 Å². The van der Waals surface area contributed by atoms with Crippen LogP contribution in [0.5, 0.6) is 11.5 Å². The summed E-state index contributed by atoms with van der Waals surface area (Å²) in [6.45, 7) is 8.14. The van der Waals surface area contributed by atoms with Crippen molar-refractivity contribution in [2.75, 3.05) is 18.5 Å². The first kappa shape index (κ1) is 17.6. The minimum Gasteiger partial charge on any atom is -0.487 e. The number of ether oxygens (including phenoxy) is 2. The van der Waals surface area contributed by atoms with Crippen LogP contribution < -0.4 is 14.8 Å². The lowest BCUT2D eigenvalue weighted by Crippen LogP contribution is -2.20. The molecule has 2 aromatic rings. The quantitative estimate of drug-likeness (QED) is 0.739. The van der Waals surface area contributed by atoms with E-state index >= 15 is 0 Å². The zero-order chi connectivity index (χ0) is 17.4. The van der Waals surface area contributed by atoms with Crippen LogP contribution in [0.2, 0.25) is 0 Å². The van der Waals surface area contributed by atoms with Crippen LogP contribution in [-0.4, -0.2) is 19.1 Å². The number of para-hydroxylation sites is 2. The van der Waals surface area contributed by atoms with Crippen molar-refractivity contribution in [3.05, 3.63) is 66.2 Å². The summed E-state index contributed by atoms with van der Waals surface area (Å²) in [6.07, 6.45) is 0.974. The van der Waals surface area contributed by atoms with E-state index in [1.807, 2.05) is 49.4 Å². The fraction of sp³-hybridized carbons (Fsp3) is 0.250. The van der Waals surface area contributed by atoms with E-state index in [0.717, 1.165) is 12.0 Å². The Kier molecular flexibility index (Phi) is 6.43. The smallest absolute Gasteiger partial charge is 0.262 e. The number of hydrogen-bond acceptors (Lipinski definition) is 3. The van der Waals surface area contributed by atoms with E-state index in [0.29, 0.717) is 23.8 Å². The number of aryl methyl sites for hydroxylation is 1. The molecule has 4 heteroatoms. The molecular weight excluding hydrogens is 302 g/mol. The molecule has 0 fully saturated rings. The Morgan fingerprint density at radius 3 is 2.42 bits per heavy atom. The zero-order valence-corrected chi connectivity index (χ0v) is 14.2. The van der Waals surface area contributed by atoms with Crippen molar-refractivity contribution in [3.63, 3.8) is 0 Å². The Labute approximate surface area is 143 Å². The third kappa shape index (κ3) is 5.47. The first-order valence-electron chi connectivity index (χ1n) is 7.96. The Hall–Kier alpha value is -2.75. The van der Waals surface area contributed by atoms with Crippen molar-refractivity contribution in [1.29, 1.82) is 0 Å². The molecule has 1 amide bonds. The van der Waals surface area contributed by atoms with Crippen LogP contribution in [0.4, 0.5) is 5.69 Å². The van der Waals surface area contributed by atoms with Crippen LogP contribution in [0, 0.1) is 0 Å². The fourth-order valence-electron chi connectivity index (χ4n) is 2.05. The predicted molar refractivity (Wildman–Crippen MR) is 96.7 cm³/mol. The van der Waals surface area contributed by atoms with E-state index in [4.69, 9.17) is 9.47 Å². The minimum atomic E-state index is -0.235. The Morgan fingerprint density at radius 2 is 1.75 bits per heavy atom. The summed E-state index contributed by atoms with van der Waals surface area (Å²) in [4.78, 5) is 12.1. The molecule has 2 rings (SSSR count). The first-order valence-corrected chi connectivity index (χ1v) is 7.96. The lowest BCUT2D eigenvalue weighted by molar-refractivity contribution is -0.118. The van der Waals surface area contributed by atoms with Crippen LogP contribution >= 0.6 is 0 Å². The average molecular weight is 325 g/mol. The fourth-order valence-corrected chi connectivity index (χ4v) is 2.05. The number of hydrogen-bond donors (Lipinski definition) is 1. The van der Waals surface area contributed by atoms with Gasteiger partial charge < -0.3 is 14.8 Å².